The van der Waals surface area contributed by atoms with E-state index in [2.05, 4.69) is 48.6 Å². The standard InChI is InChI=1S/C17H26N2S/c1-19(2)17(10-6-3-7-11-17)13-18-15-12-20-16-9-5-4-8-14(15)16/h4-5,8-9,15,18H,3,6-7,10-13H2,1-2H3. The summed E-state index contributed by atoms with van der Waals surface area (Å²) in [6.45, 7) is 1.12. The van der Waals surface area contributed by atoms with Crippen LogP contribution in [-0.4, -0.2) is 36.8 Å². The van der Waals surface area contributed by atoms with Crippen LogP contribution in [0.4, 0.5) is 0 Å². The molecule has 110 valence electrons. The Bertz CT molecular complexity index is 452. The first-order valence-corrected chi connectivity index (χ1v) is 8.82. The van der Waals surface area contributed by atoms with Gasteiger partial charge in [0.15, 0.2) is 0 Å². The van der Waals surface area contributed by atoms with Crippen LogP contribution in [-0.2, 0) is 0 Å². The Morgan fingerprint density at radius 2 is 1.95 bits per heavy atom. The summed E-state index contributed by atoms with van der Waals surface area (Å²) >= 11 is 1.99. The van der Waals surface area contributed by atoms with Crippen molar-refractivity contribution in [3.05, 3.63) is 29.8 Å². The lowest BCUT2D eigenvalue weighted by Gasteiger charge is -2.44. The predicted octanol–water partition coefficient (Wildman–Crippen LogP) is 3.69. The molecule has 1 fully saturated rings. The molecule has 1 aliphatic carbocycles. The van der Waals surface area contributed by atoms with Gasteiger partial charge >= 0.3 is 0 Å². The van der Waals surface area contributed by atoms with Gasteiger partial charge in [0.2, 0.25) is 0 Å². The van der Waals surface area contributed by atoms with Crippen LogP contribution in [0.25, 0.3) is 0 Å². The van der Waals surface area contributed by atoms with E-state index in [1.807, 2.05) is 11.8 Å². The molecule has 0 saturated heterocycles. The Hall–Kier alpha value is -0.510. The molecule has 1 unspecified atom stereocenters. The average Bonchev–Trinajstić information content (AvgIpc) is 2.89. The third-order valence-corrected chi connectivity index (χ3v) is 6.29. The van der Waals surface area contributed by atoms with Crippen LogP contribution in [0.2, 0.25) is 0 Å². The fourth-order valence-electron chi connectivity index (χ4n) is 3.64. The number of likely N-dealkylation sites (N-methyl/N-ethyl adjacent to an activating group) is 1. The number of benzene rings is 1. The number of rotatable bonds is 4. The third kappa shape index (κ3) is 2.76. The Labute approximate surface area is 127 Å². The molecule has 3 heteroatoms. The zero-order chi connectivity index (χ0) is 14.0. The molecular weight excluding hydrogens is 264 g/mol. The monoisotopic (exact) mass is 290 g/mol. The van der Waals surface area contributed by atoms with Crippen molar-refractivity contribution in [2.45, 2.75) is 48.6 Å². The van der Waals surface area contributed by atoms with Gasteiger partial charge in [-0.25, -0.2) is 0 Å². The lowest BCUT2D eigenvalue weighted by Crippen LogP contribution is -2.53. The molecule has 1 atom stereocenters. The Balaban J connectivity index is 1.67. The first-order chi connectivity index (χ1) is 9.71. The summed E-state index contributed by atoms with van der Waals surface area (Å²) in [5.41, 5.74) is 1.88. The fraction of sp³-hybridized carbons (Fsp3) is 0.647. The summed E-state index contributed by atoms with van der Waals surface area (Å²) in [6.07, 6.45) is 6.87. The van der Waals surface area contributed by atoms with Crippen LogP contribution in [0.1, 0.15) is 43.7 Å². The van der Waals surface area contributed by atoms with Crippen LogP contribution in [0.15, 0.2) is 29.2 Å². The van der Waals surface area contributed by atoms with Crippen molar-refractivity contribution in [2.24, 2.45) is 0 Å². The second kappa shape index (κ2) is 6.08. The molecule has 0 aromatic heterocycles. The lowest BCUT2D eigenvalue weighted by molar-refractivity contribution is 0.0960. The first-order valence-electron chi connectivity index (χ1n) is 7.84. The van der Waals surface area contributed by atoms with Crippen LogP contribution in [0, 0.1) is 0 Å². The van der Waals surface area contributed by atoms with Crippen LogP contribution in [0.5, 0.6) is 0 Å². The molecule has 2 nitrogen and oxygen atoms in total. The van der Waals surface area contributed by atoms with Crippen LogP contribution >= 0.6 is 11.8 Å². The number of fused-ring (bicyclic) bond motifs is 1. The Morgan fingerprint density at radius 3 is 2.70 bits per heavy atom. The van der Waals surface area contributed by atoms with Gasteiger partial charge in [0.25, 0.3) is 0 Å². The molecule has 1 aromatic rings. The minimum absolute atomic E-state index is 0.375. The summed E-state index contributed by atoms with van der Waals surface area (Å²) in [7, 11) is 4.51. The number of nitrogens with one attached hydrogen (secondary N) is 1. The van der Waals surface area contributed by atoms with Crippen LogP contribution < -0.4 is 5.32 Å². The fourth-order valence-corrected chi connectivity index (χ4v) is 4.83. The molecule has 20 heavy (non-hydrogen) atoms. The topological polar surface area (TPSA) is 15.3 Å². The molecule has 0 radical (unpaired) electrons. The zero-order valence-electron chi connectivity index (χ0n) is 12.7. The number of hydrogen-bond acceptors (Lipinski definition) is 3. The lowest BCUT2D eigenvalue weighted by atomic mass is 9.80. The number of hydrogen-bond donors (Lipinski definition) is 1. The van der Waals surface area contributed by atoms with Crippen molar-refractivity contribution in [3.8, 4) is 0 Å². The molecule has 1 saturated carbocycles. The maximum absolute atomic E-state index is 3.87. The minimum atomic E-state index is 0.375. The van der Waals surface area contributed by atoms with Gasteiger partial charge in [-0.15, -0.1) is 11.8 Å². The van der Waals surface area contributed by atoms with E-state index in [1.165, 1.54) is 48.3 Å². The second-order valence-corrected chi connectivity index (χ2v) is 7.52. The maximum atomic E-state index is 3.87. The highest BCUT2D eigenvalue weighted by molar-refractivity contribution is 7.99. The van der Waals surface area contributed by atoms with E-state index in [1.54, 1.807) is 0 Å². The number of nitrogens with zero attached hydrogens (tertiary/aromatic N) is 1. The molecule has 2 aliphatic rings. The quantitative estimate of drug-likeness (QED) is 0.910. The molecule has 1 heterocycles. The van der Waals surface area contributed by atoms with Gasteiger partial charge in [0, 0.05) is 28.8 Å². The van der Waals surface area contributed by atoms with Gasteiger partial charge in [-0.1, -0.05) is 37.5 Å². The van der Waals surface area contributed by atoms with E-state index in [9.17, 15) is 0 Å². The first kappa shape index (κ1) is 14.4. The SMILES string of the molecule is CN(C)C1(CNC2CSc3ccccc32)CCCCC1. The third-order valence-electron chi connectivity index (χ3n) is 5.11. The molecule has 0 spiro atoms. The van der Waals surface area contributed by atoms with Crippen molar-refractivity contribution in [1.82, 2.24) is 10.2 Å². The molecule has 3 rings (SSSR count). The van der Waals surface area contributed by atoms with Crippen LogP contribution in [0.3, 0.4) is 0 Å². The summed E-state index contributed by atoms with van der Waals surface area (Å²) in [5, 5.41) is 3.87. The van der Waals surface area contributed by atoms with E-state index < -0.39 is 0 Å². The van der Waals surface area contributed by atoms with Gasteiger partial charge in [0.05, 0.1) is 0 Å². The highest BCUT2D eigenvalue weighted by Crippen LogP contribution is 2.39. The molecule has 0 bridgehead atoms. The van der Waals surface area contributed by atoms with E-state index in [4.69, 9.17) is 0 Å². The normalized spacial score (nSPS) is 24.9. The smallest absolute Gasteiger partial charge is 0.0427 e. The van der Waals surface area contributed by atoms with Gasteiger partial charge < -0.3 is 10.2 Å². The predicted molar refractivity (Wildman–Crippen MR) is 87.4 cm³/mol. The zero-order valence-corrected chi connectivity index (χ0v) is 13.5. The Kier molecular flexibility index (Phi) is 4.39. The van der Waals surface area contributed by atoms with E-state index in [-0.39, 0.29) is 0 Å². The van der Waals surface area contributed by atoms with Gasteiger partial charge in [-0.3, -0.25) is 0 Å². The molecule has 1 aromatic carbocycles. The van der Waals surface area contributed by atoms with Crippen molar-refractivity contribution >= 4 is 11.8 Å². The average molecular weight is 290 g/mol. The highest BCUT2D eigenvalue weighted by atomic mass is 32.2. The highest BCUT2D eigenvalue weighted by Gasteiger charge is 2.35. The summed E-state index contributed by atoms with van der Waals surface area (Å²) < 4.78 is 0. The summed E-state index contributed by atoms with van der Waals surface area (Å²) in [4.78, 5) is 3.93. The summed E-state index contributed by atoms with van der Waals surface area (Å²) in [5.74, 6) is 1.18. The van der Waals surface area contributed by atoms with Crippen molar-refractivity contribution in [2.75, 3.05) is 26.4 Å². The van der Waals surface area contributed by atoms with Crippen molar-refractivity contribution in [1.29, 1.82) is 0 Å². The number of thioether (sulfide) groups is 1. The molecule has 1 N–H and O–H groups in total. The Morgan fingerprint density at radius 1 is 1.20 bits per heavy atom. The summed E-state index contributed by atoms with van der Waals surface area (Å²) in [6, 6.07) is 9.40. The van der Waals surface area contributed by atoms with E-state index >= 15 is 0 Å². The molecular formula is C17H26N2S. The molecule has 0 amide bonds. The van der Waals surface area contributed by atoms with Gasteiger partial charge in [-0.05, 0) is 38.6 Å². The van der Waals surface area contributed by atoms with E-state index in [0.29, 0.717) is 11.6 Å². The van der Waals surface area contributed by atoms with Gasteiger partial charge in [-0.2, -0.15) is 0 Å². The maximum Gasteiger partial charge on any atom is 0.0427 e. The second-order valence-electron chi connectivity index (χ2n) is 6.46. The van der Waals surface area contributed by atoms with E-state index in [0.717, 1.165) is 6.54 Å². The van der Waals surface area contributed by atoms with Crippen molar-refractivity contribution in [3.63, 3.8) is 0 Å². The minimum Gasteiger partial charge on any atom is -0.307 e. The van der Waals surface area contributed by atoms with Gasteiger partial charge in [0.1, 0.15) is 0 Å². The van der Waals surface area contributed by atoms with Crippen molar-refractivity contribution < 1.29 is 0 Å². The largest absolute Gasteiger partial charge is 0.307 e. The molecule has 1 aliphatic heterocycles.